The number of aryl methyl sites for hydroxylation is 1. The van der Waals surface area contributed by atoms with Gasteiger partial charge in [0, 0.05) is 5.69 Å². The van der Waals surface area contributed by atoms with Crippen LogP contribution in [0.3, 0.4) is 0 Å². The zero-order valence-electron chi connectivity index (χ0n) is 14.3. The Balaban J connectivity index is 1.69. The summed E-state index contributed by atoms with van der Waals surface area (Å²) in [5.74, 6) is 1.54. The van der Waals surface area contributed by atoms with Crippen molar-refractivity contribution in [2.45, 2.75) is 25.3 Å². The molecule has 1 aliphatic carbocycles. The number of methoxy groups -OCH3 is 2. The molecule has 0 spiro atoms. The summed E-state index contributed by atoms with van der Waals surface area (Å²) in [6.07, 6.45) is 3.23. The first-order chi connectivity index (χ1) is 12.1. The van der Waals surface area contributed by atoms with E-state index in [0.29, 0.717) is 15.9 Å². The molecule has 25 heavy (non-hydrogen) atoms. The van der Waals surface area contributed by atoms with Crippen molar-refractivity contribution in [1.29, 1.82) is 0 Å². The van der Waals surface area contributed by atoms with Gasteiger partial charge in [0.2, 0.25) is 0 Å². The van der Waals surface area contributed by atoms with Crippen LogP contribution in [0.1, 0.15) is 30.0 Å². The molecule has 1 aliphatic rings. The lowest BCUT2D eigenvalue weighted by molar-refractivity contribution is 0.412. The number of thiocarbonyl (C=S) groups is 1. The molecular weight excluding hydrogens is 356 g/mol. The van der Waals surface area contributed by atoms with Crippen molar-refractivity contribution in [2.24, 2.45) is 0 Å². The van der Waals surface area contributed by atoms with E-state index in [9.17, 15) is 0 Å². The second-order valence-corrected chi connectivity index (χ2v) is 6.77. The summed E-state index contributed by atoms with van der Waals surface area (Å²) in [6.45, 7) is 0. The highest BCUT2D eigenvalue weighted by molar-refractivity contribution is 7.80. The van der Waals surface area contributed by atoms with E-state index < -0.39 is 0 Å². The van der Waals surface area contributed by atoms with Gasteiger partial charge in [0.25, 0.3) is 0 Å². The molecule has 132 valence electrons. The maximum absolute atomic E-state index is 6.16. The van der Waals surface area contributed by atoms with E-state index in [0.717, 1.165) is 30.7 Å². The standard InChI is InChI=1S/C19H21ClN2O2S/c1-23-14-7-8-15-12(10-14)4-3-5-17(15)22-19(25)21-13-6-9-18(24-2)16(20)11-13/h6-11,17H,3-5H2,1-2H3,(H2,21,22,25)/t17-/m0/s1. The fourth-order valence-electron chi connectivity index (χ4n) is 3.14. The molecule has 2 aromatic carbocycles. The Bertz CT molecular complexity index is 782. The maximum Gasteiger partial charge on any atom is 0.171 e. The topological polar surface area (TPSA) is 42.5 Å². The lowest BCUT2D eigenvalue weighted by atomic mass is 9.87. The fraction of sp³-hybridized carbons (Fsp3) is 0.316. The summed E-state index contributed by atoms with van der Waals surface area (Å²) in [5, 5.41) is 7.73. The molecule has 2 N–H and O–H groups in total. The Hall–Kier alpha value is -1.98. The third-order valence-electron chi connectivity index (χ3n) is 4.38. The minimum Gasteiger partial charge on any atom is -0.497 e. The lowest BCUT2D eigenvalue weighted by Gasteiger charge is -2.28. The minimum absolute atomic E-state index is 0.198. The molecule has 0 bridgehead atoms. The molecule has 0 amide bonds. The van der Waals surface area contributed by atoms with Gasteiger partial charge in [0.05, 0.1) is 25.3 Å². The number of anilines is 1. The molecule has 0 saturated carbocycles. The van der Waals surface area contributed by atoms with E-state index in [1.54, 1.807) is 20.3 Å². The first-order valence-corrected chi connectivity index (χ1v) is 8.97. The Morgan fingerprint density at radius 1 is 1.16 bits per heavy atom. The third kappa shape index (κ3) is 4.17. The normalized spacial score (nSPS) is 15.9. The molecule has 0 heterocycles. The zero-order valence-corrected chi connectivity index (χ0v) is 15.8. The van der Waals surface area contributed by atoms with E-state index in [4.69, 9.17) is 33.3 Å². The van der Waals surface area contributed by atoms with Gasteiger partial charge >= 0.3 is 0 Å². The van der Waals surface area contributed by atoms with Crippen molar-refractivity contribution >= 4 is 34.6 Å². The second kappa shape index (κ2) is 7.93. The van der Waals surface area contributed by atoms with Crippen LogP contribution in [0.4, 0.5) is 5.69 Å². The first kappa shape index (κ1) is 17.8. The predicted octanol–water partition coefficient (Wildman–Crippen LogP) is 4.72. The minimum atomic E-state index is 0.198. The van der Waals surface area contributed by atoms with Crippen molar-refractivity contribution in [3.8, 4) is 11.5 Å². The molecular formula is C19H21ClN2O2S. The molecule has 1 atom stereocenters. The van der Waals surface area contributed by atoms with Crippen molar-refractivity contribution in [1.82, 2.24) is 5.32 Å². The van der Waals surface area contributed by atoms with E-state index in [2.05, 4.69) is 22.8 Å². The number of nitrogens with one attached hydrogen (secondary N) is 2. The van der Waals surface area contributed by atoms with Gasteiger partial charge in [-0.3, -0.25) is 0 Å². The highest BCUT2D eigenvalue weighted by atomic mass is 35.5. The molecule has 0 radical (unpaired) electrons. The van der Waals surface area contributed by atoms with Crippen LogP contribution in [0.2, 0.25) is 5.02 Å². The van der Waals surface area contributed by atoms with Gasteiger partial charge in [-0.25, -0.2) is 0 Å². The summed E-state index contributed by atoms with van der Waals surface area (Å²) < 4.78 is 10.5. The summed E-state index contributed by atoms with van der Waals surface area (Å²) in [5.41, 5.74) is 3.43. The molecule has 0 unspecified atom stereocenters. The highest BCUT2D eigenvalue weighted by Gasteiger charge is 2.21. The highest BCUT2D eigenvalue weighted by Crippen LogP contribution is 2.32. The van der Waals surface area contributed by atoms with Crippen LogP contribution in [0.15, 0.2) is 36.4 Å². The smallest absolute Gasteiger partial charge is 0.171 e. The van der Waals surface area contributed by atoms with Crippen LogP contribution < -0.4 is 20.1 Å². The largest absolute Gasteiger partial charge is 0.497 e. The number of halogens is 1. The summed E-state index contributed by atoms with van der Waals surface area (Å²) in [7, 11) is 3.29. The molecule has 4 nitrogen and oxygen atoms in total. The first-order valence-electron chi connectivity index (χ1n) is 8.18. The zero-order chi connectivity index (χ0) is 17.8. The van der Waals surface area contributed by atoms with E-state index in [1.165, 1.54) is 11.1 Å². The number of hydrogen-bond donors (Lipinski definition) is 2. The van der Waals surface area contributed by atoms with Crippen LogP contribution in [-0.2, 0) is 6.42 Å². The Morgan fingerprint density at radius 2 is 2.00 bits per heavy atom. The van der Waals surface area contributed by atoms with Crippen LogP contribution in [0, 0.1) is 0 Å². The molecule has 0 saturated heterocycles. The van der Waals surface area contributed by atoms with Gasteiger partial charge in [0.15, 0.2) is 5.11 Å². The van der Waals surface area contributed by atoms with Crippen molar-refractivity contribution in [3.63, 3.8) is 0 Å². The molecule has 2 aromatic rings. The van der Waals surface area contributed by atoms with Crippen LogP contribution >= 0.6 is 23.8 Å². The molecule has 0 fully saturated rings. The van der Waals surface area contributed by atoms with Gasteiger partial charge in [-0.15, -0.1) is 0 Å². The molecule has 0 aromatic heterocycles. The maximum atomic E-state index is 6.16. The Morgan fingerprint density at radius 3 is 2.72 bits per heavy atom. The molecule has 0 aliphatic heterocycles. The number of fused-ring (bicyclic) bond motifs is 1. The third-order valence-corrected chi connectivity index (χ3v) is 4.89. The van der Waals surface area contributed by atoms with Crippen molar-refractivity contribution < 1.29 is 9.47 Å². The number of ether oxygens (including phenoxy) is 2. The van der Waals surface area contributed by atoms with Gasteiger partial charge < -0.3 is 20.1 Å². The number of hydrogen-bond acceptors (Lipinski definition) is 3. The Kier molecular flexibility index (Phi) is 5.66. The summed E-state index contributed by atoms with van der Waals surface area (Å²) in [6, 6.07) is 11.9. The quantitative estimate of drug-likeness (QED) is 0.755. The Labute approximate surface area is 158 Å². The van der Waals surface area contributed by atoms with E-state index in [-0.39, 0.29) is 6.04 Å². The number of benzene rings is 2. The molecule has 6 heteroatoms. The SMILES string of the molecule is COc1ccc2c(c1)CCC[C@@H]2NC(=S)Nc1ccc(OC)c(Cl)c1. The lowest BCUT2D eigenvalue weighted by Crippen LogP contribution is -2.34. The van der Waals surface area contributed by atoms with Crippen LogP contribution in [-0.4, -0.2) is 19.3 Å². The van der Waals surface area contributed by atoms with Crippen LogP contribution in [0.5, 0.6) is 11.5 Å². The van der Waals surface area contributed by atoms with E-state index in [1.807, 2.05) is 18.2 Å². The van der Waals surface area contributed by atoms with Gasteiger partial charge in [0.1, 0.15) is 11.5 Å². The molecule has 3 rings (SSSR count). The predicted molar refractivity (Wildman–Crippen MR) is 106 cm³/mol. The van der Waals surface area contributed by atoms with Crippen molar-refractivity contribution in [2.75, 3.05) is 19.5 Å². The van der Waals surface area contributed by atoms with E-state index >= 15 is 0 Å². The number of rotatable bonds is 4. The fourth-order valence-corrected chi connectivity index (χ4v) is 3.65. The second-order valence-electron chi connectivity index (χ2n) is 5.96. The average molecular weight is 377 g/mol. The van der Waals surface area contributed by atoms with Crippen molar-refractivity contribution in [3.05, 3.63) is 52.5 Å². The summed E-state index contributed by atoms with van der Waals surface area (Å²) >= 11 is 11.6. The van der Waals surface area contributed by atoms with Gasteiger partial charge in [-0.05, 0) is 72.9 Å². The monoisotopic (exact) mass is 376 g/mol. The van der Waals surface area contributed by atoms with Gasteiger partial charge in [-0.2, -0.15) is 0 Å². The summed E-state index contributed by atoms with van der Waals surface area (Å²) in [4.78, 5) is 0. The van der Waals surface area contributed by atoms with Gasteiger partial charge in [-0.1, -0.05) is 17.7 Å². The van der Waals surface area contributed by atoms with Crippen LogP contribution in [0.25, 0.3) is 0 Å². The average Bonchev–Trinajstić information content (AvgIpc) is 2.61.